The van der Waals surface area contributed by atoms with Gasteiger partial charge in [-0.25, -0.2) is 0 Å². The van der Waals surface area contributed by atoms with Crippen LogP contribution in [0.15, 0.2) is 0 Å². The highest BCUT2D eigenvalue weighted by atomic mass is 16.5. The fourth-order valence-electron chi connectivity index (χ4n) is 2.73. The van der Waals surface area contributed by atoms with Gasteiger partial charge in [-0.05, 0) is 39.2 Å². The van der Waals surface area contributed by atoms with Gasteiger partial charge in [-0.1, -0.05) is 20.8 Å². The van der Waals surface area contributed by atoms with E-state index in [4.69, 9.17) is 10.5 Å². The van der Waals surface area contributed by atoms with Crippen molar-refractivity contribution in [3.05, 3.63) is 0 Å². The van der Waals surface area contributed by atoms with Crippen molar-refractivity contribution in [1.82, 2.24) is 4.90 Å². The van der Waals surface area contributed by atoms with Crippen molar-refractivity contribution in [3.63, 3.8) is 0 Å². The van der Waals surface area contributed by atoms with Crippen LogP contribution in [0.4, 0.5) is 0 Å². The molecule has 1 rings (SSSR count). The second-order valence-corrected chi connectivity index (χ2v) is 6.57. The van der Waals surface area contributed by atoms with Crippen molar-refractivity contribution in [3.8, 4) is 0 Å². The summed E-state index contributed by atoms with van der Waals surface area (Å²) in [4.78, 5) is 2.47. The largest absolute Gasteiger partial charge is 0.378 e. The number of hydrogen-bond acceptors (Lipinski definition) is 3. The summed E-state index contributed by atoms with van der Waals surface area (Å²) in [6.45, 7) is 12.8. The summed E-state index contributed by atoms with van der Waals surface area (Å²) in [5.74, 6) is 0. The van der Waals surface area contributed by atoms with Crippen LogP contribution in [0.1, 0.15) is 47.5 Å². The van der Waals surface area contributed by atoms with Crippen LogP contribution in [0, 0.1) is 5.41 Å². The molecule has 0 spiro atoms. The molecule has 102 valence electrons. The third-order valence-corrected chi connectivity index (χ3v) is 4.58. The van der Waals surface area contributed by atoms with Gasteiger partial charge in [-0.3, -0.25) is 4.90 Å². The summed E-state index contributed by atoms with van der Waals surface area (Å²) in [6, 6.07) is 0.522. The van der Waals surface area contributed by atoms with Gasteiger partial charge in [0, 0.05) is 24.7 Å². The minimum absolute atomic E-state index is 0.159. The molecule has 17 heavy (non-hydrogen) atoms. The quantitative estimate of drug-likeness (QED) is 0.803. The average Bonchev–Trinajstić information content (AvgIpc) is 2.19. The van der Waals surface area contributed by atoms with E-state index in [1.807, 2.05) is 0 Å². The molecule has 1 fully saturated rings. The summed E-state index contributed by atoms with van der Waals surface area (Å²) in [5, 5.41) is 0. The Bertz CT molecular complexity index is 241. The molecule has 3 heteroatoms. The molecule has 0 aromatic heterocycles. The van der Waals surface area contributed by atoms with Crippen LogP contribution in [0.2, 0.25) is 0 Å². The molecular formula is C14H30N2O. The molecule has 0 saturated heterocycles. The van der Waals surface area contributed by atoms with Crippen molar-refractivity contribution in [2.75, 3.05) is 20.2 Å². The minimum Gasteiger partial charge on any atom is -0.378 e. The Kier molecular flexibility index (Phi) is 4.61. The topological polar surface area (TPSA) is 38.5 Å². The second kappa shape index (κ2) is 5.25. The third kappa shape index (κ3) is 3.01. The van der Waals surface area contributed by atoms with Gasteiger partial charge in [-0.2, -0.15) is 0 Å². The summed E-state index contributed by atoms with van der Waals surface area (Å²) in [5.41, 5.74) is 6.46. The first kappa shape index (κ1) is 14.9. The van der Waals surface area contributed by atoms with E-state index < -0.39 is 0 Å². The zero-order chi connectivity index (χ0) is 13.3. The molecule has 0 aliphatic heterocycles. The van der Waals surface area contributed by atoms with Crippen molar-refractivity contribution in [2.45, 2.75) is 65.1 Å². The third-order valence-electron chi connectivity index (χ3n) is 4.58. The van der Waals surface area contributed by atoms with Crippen LogP contribution < -0.4 is 5.73 Å². The average molecular weight is 242 g/mol. The van der Waals surface area contributed by atoms with Crippen molar-refractivity contribution in [2.24, 2.45) is 11.1 Å². The van der Waals surface area contributed by atoms with Crippen LogP contribution in [-0.2, 0) is 4.74 Å². The van der Waals surface area contributed by atoms with Crippen LogP contribution in [-0.4, -0.2) is 42.8 Å². The van der Waals surface area contributed by atoms with Crippen LogP contribution in [0.25, 0.3) is 0 Å². The van der Waals surface area contributed by atoms with Crippen LogP contribution >= 0.6 is 0 Å². The number of hydrogen-bond donors (Lipinski definition) is 1. The second-order valence-electron chi connectivity index (χ2n) is 6.57. The van der Waals surface area contributed by atoms with E-state index >= 15 is 0 Å². The van der Waals surface area contributed by atoms with E-state index in [2.05, 4.69) is 46.6 Å². The van der Waals surface area contributed by atoms with Gasteiger partial charge in [0.15, 0.2) is 0 Å². The molecule has 0 bridgehead atoms. The highest BCUT2D eigenvalue weighted by molar-refractivity contribution is 5.05. The number of nitrogens with zero attached hydrogens (tertiary/aromatic N) is 1. The van der Waals surface area contributed by atoms with E-state index in [0.29, 0.717) is 12.1 Å². The normalized spacial score (nSPS) is 31.4. The van der Waals surface area contributed by atoms with Crippen molar-refractivity contribution >= 4 is 0 Å². The molecule has 2 N–H and O–H groups in total. The van der Waals surface area contributed by atoms with Gasteiger partial charge in [0.1, 0.15) is 0 Å². The van der Waals surface area contributed by atoms with Crippen molar-refractivity contribution in [1.29, 1.82) is 0 Å². The first-order valence-corrected chi connectivity index (χ1v) is 6.81. The lowest BCUT2D eigenvalue weighted by atomic mass is 9.71. The van der Waals surface area contributed by atoms with E-state index in [-0.39, 0.29) is 11.0 Å². The van der Waals surface area contributed by atoms with Gasteiger partial charge in [-0.15, -0.1) is 0 Å². The lowest BCUT2D eigenvalue weighted by molar-refractivity contribution is -0.113. The molecule has 1 unspecified atom stereocenters. The van der Waals surface area contributed by atoms with E-state index in [9.17, 15) is 0 Å². The predicted octanol–water partition coefficient (Wildman–Crippen LogP) is 2.25. The highest BCUT2D eigenvalue weighted by Gasteiger charge is 2.49. The summed E-state index contributed by atoms with van der Waals surface area (Å²) in [6.07, 6.45) is 2.57. The Morgan fingerprint density at radius 1 is 1.41 bits per heavy atom. The van der Waals surface area contributed by atoms with Gasteiger partial charge < -0.3 is 10.5 Å². The smallest absolute Gasteiger partial charge is 0.0611 e. The fraction of sp³-hybridized carbons (Fsp3) is 1.00. The molecule has 0 radical (unpaired) electrons. The van der Waals surface area contributed by atoms with E-state index in [1.165, 1.54) is 0 Å². The molecule has 0 aromatic carbocycles. The molecule has 1 atom stereocenters. The van der Waals surface area contributed by atoms with Crippen molar-refractivity contribution < 1.29 is 4.74 Å². The number of ether oxygens (including phenoxy) is 1. The van der Waals surface area contributed by atoms with E-state index in [0.717, 1.165) is 26.0 Å². The Labute approximate surface area is 107 Å². The minimum atomic E-state index is 0.159. The summed E-state index contributed by atoms with van der Waals surface area (Å²) < 4.78 is 5.67. The Morgan fingerprint density at radius 2 is 1.94 bits per heavy atom. The molecule has 0 amide bonds. The molecule has 0 heterocycles. The first-order valence-electron chi connectivity index (χ1n) is 6.81. The maximum atomic E-state index is 6.01. The zero-order valence-electron chi connectivity index (χ0n) is 12.4. The number of nitrogens with two attached hydrogens (primary N) is 1. The number of likely N-dealkylation sites (N-methyl/N-ethyl adjacent to an activating group) is 1. The maximum absolute atomic E-state index is 6.01. The van der Waals surface area contributed by atoms with Gasteiger partial charge in [0.25, 0.3) is 0 Å². The number of rotatable bonds is 5. The lowest BCUT2D eigenvalue weighted by Gasteiger charge is -2.56. The lowest BCUT2D eigenvalue weighted by Crippen LogP contribution is -2.66. The molecular weight excluding hydrogens is 212 g/mol. The highest BCUT2D eigenvalue weighted by Crippen LogP contribution is 2.41. The molecule has 1 aliphatic carbocycles. The molecule has 3 nitrogen and oxygen atoms in total. The first-order chi connectivity index (χ1) is 7.77. The molecule has 1 saturated carbocycles. The van der Waals surface area contributed by atoms with Gasteiger partial charge in [0.05, 0.1) is 6.10 Å². The zero-order valence-corrected chi connectivity index (χ0v) is 12.4. The monoisotopic (exact) mass is 242 g/mol. The maximum Gasteiger partial charge on any atom is 0.0611 e. The summed E-state index contributed by atoms with van der Waals surface area (Å²) in [7, 11) is 2.21. The molecule has 1 aliphatic rings. The van der Waals surface area contributed by atoms with Crippen LogP contribution in [0.5, 0.6) is 0 Å². The Balaban J connectivity index is 2.64. The summed E-state index contributed by atoms with van der Waals surface area (Å²) >= 11 is 0. The Morgan fingerprint density at radius 3 is 2.29 bits per heavy atom. The molecule has 0 aromatic rings. The van der Waals surface area contributed by atoms with Gasteiger partial charge >= 0.3 is 0 Å². The van der Waals surface area contributed by atoms with Crippen LogP contribution in [0.3, 0.4) is 0 Å². The Hall–Kier alpha value is -0.120. The van der Waals surface area contributed by atoms with E-state index in [1.54, 1.807) is 0 Å². The predicted molar refractivity (Wildman–Crippen MR) is 73.1 cm³/mol. The van der Waals surface area contributed by atoms with Gasteiger partial charge in [0.2, 0.25) is 0 Å². The fourth-order valence-corrected chi connectivity index (χ4v) is 2.73. The SMILES string of the molecule is CCOC1CC(CN)(N(C)C(C)C(C)(C)C)C1. The standard InChI is InChI=1S/C14H30N2O/c1-7-17-12-8-14(9-12,10-15)16(6)11(2)13(3,4)5/h11-12H,7-10,15H2,1-6H3.